The smallest absolute Gasteiger partial charge is 0.191 e. The number of ether oxygens (including phenoxy) is 1. The van der Waals surface area contributed by atoms with Crippen LogP contribution in [0.4, 0.5) is 5.69 Å². The van der Waals surface area contributed by atoms with Gasteiger partial charge in [0.1, 0.15) is 5.75 Å². The van der Waals surface area contributed by atoms with Crippen LogP contribution in [0.2, 0.25) is 0 Å². The second-order valence-electron chi connectivity index (χ2n) is 6.06. The number of aromatic nitrogens is 1. The van der Waals surface area contributed by atoms with Crippen LogP contribution in [0.3, 0.4) is 0 Å². The van der Waals surface area contributed by atoms with Gasteiger partial charge in [-0.05, 0) is 25.5 Å². The Balaban J connectivity index is 0.00000243. The Morgan fingerprint density at radius 3 is 3.00 bits per heavy atom. The van der Waals surface area contributed by atoms with Crippen molar-refractivity contribution in [2.45, 2.75) is 25.9 Å². The molecule has 142 valence electrons. The van der Waals surface area contributed by atoms with E-state index in [4.69, 9.17) is 4.74 Å². The number of hydrogen-bond acceptors (Lipinski definition) is 5. The second kappa shape index (κ2) is 9.96. The molecule has 1 aromatic carbocycles. The number of halogens is 1. The number of methoxy groups -OCH3 is 1. The van der Waals surface area contributed by atoms with Crippen LogP contribution in [0.25, 0.3) is 0 Å². The number of aryl methyl sites for hydroxylation is 1. The van der Waals surface area contributed by atoms with E-state index in [-0.39, 0.29) is 24.0 Å². The molecule has 1 aliphatic rings. The zero-order valence-corrected chi connectivity index (χ0v) is 18.5. The van der Waals surface area contributed by atoms with E-state index in [9.17, 15) is 0 Å². The molecule has 1 aliphatic heterocycles. The fourth-order valence-corrected chi connectivity index (χ4v) is 3.68. The summed E-state index contributed by atoms with van der Waals surface area (Å²) in [6, 6.07) is 8.60. The zero-order chi connectivity index (χ0) is 17.6. The summed E-state index contributed by atoms with van der Waals surface area (Å²) in [5.74, 6) is 1.73. The highest BCUT2D eigenvalue weighted by atomic mass is 127. The molecule has 1 unspecified atom stereocenters. The Kier molecular flexibility index (Phi) is 7.95. The van der Waals surface area contributed by atoms with Crippen LogP contribution >= 0.6 is 35.3 Å². The molecule has 8 heteroatoms. The normalized spacial score (nSPS) is 17.0. The predicted octanol–water partition coefficient (Wildman–Crippen LogP) is 3.02. The van der Waals surface area contributed by atoms with Gasteiger partial charge in [-0.2, -0.15) is 0 Å². The highest BCUT2D eigenvalue weighted by Gasteiger charge is 2.23. The molecule has 6 nitrogen and oxygen atoms in total. The third-order valence-electron chi connectivity index (χ3n) is 4.43. The first-order valence-electron chi connectivity index (χ1n) is 8.44. The molecule has 0 spiro atoms. The van der Waals surface area contributed by atoms with Gasteiger partial charge < -0.3 is 20.3 Å². The molecule has 2 heterocycles. The van der Waals surface area contributed by atoms with Crippen molar-refractivity contribution in [1.29, 1.82) is 0 Å². The van der Waals surface area contributed by atoms with E-state index in [1.54, 1.807) is 18.4 Å². The molecular weight excluding hydrogens is 461 g/mol. The summed E-state index contributed by atoms with van der Waals surface area (Å²) >= 11 is 1.67. The van der Waals surface area contributed by atoms with Gasteiger partial charge in [0.15, 0.2) is 5.96 Å². The minimum absolute atomic E-state index is 0. The number of anilines is 1. The molecular formula is C18H26IN5OS. The van der Waals surface area contributed by atoms with E-state index in [0.717, 1.165) is 43.5 Å². The van der Waals surface area contributed by atoms with Crippen molar-refractivity contribution < 1.29 is 4.74 Å². The van der Waals surface area contributed by atoms with Crippen LogP contribution in [0.5, 0.6) is 5.75 Å². The van der Waals surface area contributed by atoms with Gasteiger partial charge in [0.25, 0.3) is 0 Å². The Bertz CT molecular complexity index is 736. The number of nitrogens with one attached hydrogen (secondary N) is 2. The van der Waals surface area contributed by atoms with Crippen molar-refractivity contribution in [3.8, 4) is 5.75 Å². The number of benzene rings is 1. The quantitative estimate of drug-likeness (QED) is 0.386. The van der Waals surface area contributed by atoms with Crippen molar-refractivity contribution in [2.75, 3.05) is 32.1 Å². The molecule has 1 fully saturated rings. The first kappa shape index (κ1) is 20.8. The Hall–Kier alpha value is -1.55. The minimum Gasteiger partial charge on any atom is -0.497 e. The summed E-state index contributed by atoms with van der Waals surface area (Å²) in [5.41, 5.74) is 4.16. The molecule has 0 saturated carbocycles. The maximum Gasteiger partial charge on any atom is 0.191 e. The van der Waals surface area contributed by atoms with Crippen molar-refractivity contribution in [3.63, 3.8) is 0 Å². The predicted molar refractivity (Wildman–Crippen MR) is 119 cm³/mol. The van der Waals surface area contributed by atoms with Gasteiger partial charge in [0.2, 0.25) is 0 Å². The van der Waals surface area contributed by atoms with Gasteiger partial charge in [-0.25, -0.2) is 4.98 Å². The van der Waals surface area contributed by atoms with Crippen LogP contribution in [0.1, 0.15) is 17.0 Å². The molecule has 0 aliphatic carbocycles. The molecule has 2 aromatic rings. The van der Waals surface area contributed by atoms with Gasteiger partial charge in [0, 0.05) is 42.8 Å². The third-order valence-corrected chi connectivity index (χ3v) is 5.37. The summed E-state index contributed by atoms with van der Waals surface area (Å²) < 4.78 is 5.32. The summed E-state index contributed by atoms with van der Waals surface area (Å²) in [5, 5.41) is 6.91. The summed E-state index contributed by atoms with van der Waals surface area (Å²) in [7, 11) is 3.51. The third kappa shape index (κ3) is 5.23. The van der Waals surface area contributed by atoms with E-state index in [0.29, 0.717) is 6.04 Å². The number of guanidine groups is 1. The van der Waals surface area contributed by atoms with E-state index < -0.39 is 0 Å². The number of thiazole rings is 1. The molecule has 26 heavy (non-hydrogen) atoms. The van der Waals surface area contributed by atoms with E-state index in [2.05, 4.69) is 37.6 Å². The molecule has 1 atom stereocenters. The Labute approximate surface area is 176 Å². The van der Waals surface area contributed by atoms with E-state index >= 15 is 0 Å². The zero-order valence-electron chi connectivity index (χ0n) is 15.4. The van der Waals surface area contributed by atoms with Crippen LogP contribution in [-0.4, -0.2) is 44.2 Å². The average Bonchev–Trinajstić information content (AvgIpc) is 3.27. The highest BCUT2D eigenvalue weighted by Crippen LogP contribution is 2.24. The SMILES string of the molecule is CN=C(NCc1scnc1C)NC1CCN(c2cccc(OC)c2)C1.I. The summed E-state index contributed by atoms with van der Waals surface area (Å²) in [4.78, 5) is 12.2. The van der Waals surface area contributed by atoms with Gasteiger partial charge in [-0.1, -0.05) is 6.07 Å². The Morgan fingerprint density at radius 2 is 2.31 bits per heavy atom. The molecule has 0 amide bonds. The molecule has 1 aromatic heterocycles. The first-order chi connectivity index (χ1) is 12.2. The number of nitrogens with zero attached hydrogens (tertiary/aromatic N) is 3. The largest absolute Gasteiger partial charge is 0.497 e. The lowest BCUT2D eigenvalue weighted by molar-refractivity contribution is 0.415. The second-order valence-corrected chi connectivity index (χ2v) is 7.00. The molecule has 0 bridgehead atoms. The molecule has 1 saturated heterocycles. The van der Waals surface area contributed by atoms with Crippen LogP contribution in [0.15, 0.2) is 34.8 Å². The van der Waals surface area contributed by atoms with E-state index in [1.807, 2.05) is 31.6 Å². The fourth-order valence-electron chi connectivity index (χ4n) is 2.97. The number of rotatable bonds is 5. The van der Waals surface area contributed by atoms with E-state index in [1.165, 1.54) is 10.6 Å². The van der Waals surface area contributed by atoms with Gasteiger partial charge in [0.05, 0.1) is 24.9 Å². The molecule has 0 radical (unpaired) electrons. The van der Waals surface area contributed by atoms with Crippen LogP contribution in [0, 0.1) is 6.92 Å². The van der Waals surface area contributed by atoms with Crippen LogP contribution in [-0.2, 0) is 6.54 Å². The number of aliphatic imine (C=N–C) groups is 1. The van der Waals surface area contributed by atoms with Crippen molar-refractivity contribution in [1.82, 2.24) is 15.6 Å². The molecule has 2 N–H and O–H groups in total. The fraction of sp³-hybridized carbons (Fsp3) is 0.444. The van der Waals surface area contributed by atoms with Crippen LogP contribution < -0.4 is 20.3 Å². The van der Waals surface area contributed by atoms with Crippen molar-refractivity contribution in [2.24, 2.45) is 4.99 Å². The monoisotopic (exact) mass is 487 g/mol. The molecule has 3 rings (SSSR count). The van der Waals surface area contributed by atoms with Gasteiger partial charge in [-0.15, -0.1) is 35.3 Å². The number of hydrogen-bond donors (Lipinski definition) is 2. The summed E-state index contributed by atoms with van der Waals surface area (Å²) in [6.07, 6.45) is 1.08. The van der Waals surface area contributed by atoms with Gasteiger partial charge in [-0.3, -0.25) is 4.99 Å². The topological polar surface area (TPSA) is 61.8 Å². The lowest BCUT2D eigenvalue weighted by Crippen LogP contribution is -2.44. The Morgan fingerprint density at radius 1 is 1.46 bits per heavy atom. The lowest BCUT2D eigenvalue weighted by Gasteiger charge is -2.20. The maximum atomic E-state index is 5.32. The maximum absolute atomic E-state index is 5.32. The average molecular weight is 487 g/mol. The van der Waals surface area contributed by atoms with Gasteiger partial charge >= 0.3 is 0 Å². The first-order valence-corrected chi connectivity index (χ1v) is 9.32. The standard InChI is InChI=1S/C18H25N5OS.HI/c1-13-17(25-12-21-13)10-20-18(19-2)22-14-7-8-23(11-14)15-5-4-6-16(9-15)24-3;/h4-6,9,12,14H,7-8,10-11H2,1-3H3,(H2,19,20,22);1H. The highest BCUT2D eigenvalue weighted by molar-refractivity contribution is 14.0. The van der Waals surface area contributed by atoms with Crippen molar-refractivity contribution >= 4 is 47.0 Å². The summed E-state index contributed by atoms with van der Waals surface area (Å²) in [6.45, 7) is 4.76. The van der Waals surface area contributed by atoms with Crippen molar-refractivity contribution in [3.05, 3.63) is 40.3 Å². The lowest BCUT2D eigenvalue weighted by atomic mass is 10.2. The minimum atomic E-state index is 0.